The molecule has 1 atom stereocenters. The molecule has 0 saturated heterocycles. The summed E-state index contributed by atoms with van der Waals surface area (Å²) in [4.78, 5) is 22.7. The molecule has 0 saturated carbocycles. The van der Waals surface area contributed by atoms with Crippen molar-refractivity contribution in [1.82, 2.24) is 30.2 Å². The van der Waals surface area contributed by atoms with Crippen molar-refractivity contribution in [2.24, 2.45) is 0 Å². The second-order valence-corrected chi connectivity index (χ2v) is 8.05. The van der Waals surface area contributed by atoms with Crippen LogP contribution < -0.4 is 5.32 Å². The number of benzene rings is 1. The molecule has 5 aromatic rings. The van der Waals surface area contributed by atoms with Crippen molar-refractivity contribution in [3.63, 3.8) is 0 Å². The van der Waals surface area contributed by atoms with Crippen molar-refractivity contribution in [3.8, 4) is 16.3 Å². The number of fused-ring (bicyclic) bond motifs is 1. The number of hydrogen-bond donors (Lipinski definition) is 1. The van der Waals surface area contributed by atoms with Gasteiger partial charge in [0.1, 0.15) is 12.7 Å². The van der Waals surface area contributed by atoms with Crippen molar-refractivity contribution in [3.05, 3.63) is 77.3 Å². The summed E-state index contributed by atoms with van der Waals surface area (Å²) in [5, 5.41) is 13.8. The van der Waals surface area contributed by atoms with Crippen LogP contribution in [-0.2, 0) is 0 Å². The van der Waals surface area contributed by atoms with Crippen LogP contribution in [-0.4, -0.2) is 30.8 Å². The van der Waals surface area contributed by atoms with E-state index in [2.05, 4.69) is 25.5 Å². The Hall–Kier alpha value is -3.85. The highest BCUT2D eigenvalue weighted by Gasteiger charge is 2.21. The summed E-state index contributed by atoms with van der Waals surface area (Å²) in [6.07, 6.45) is 3.13. The number of amides is 1. The molecular weight excluding hydrogens is 412 g/mol. The van der Waals surface area contributed by atoms with Crippen molar-refractivity contribution >= 4 is 28.3 Å². The van der Waals surface area contributed by atoms with Gasteiger partial charge in [0.2, 0.25) is 0 Å². The zero-order chi connectivity index (χ0) is 21.4. The standard InChI is InChI=1S/C22H18N6O2S/c1-13(15-5-7-16(8-6-15)28-12-23-11-24-28)25-21(29)17-10-18(19-4-3-9-31-19)26-22-20(17)14(2)27-30-22/h3-13H,1-2H3,(H,25,29)/t13-/m0/s1. The zero-order valence-electron chi connectivity index (χ0n) is 16.8. The Morgan fingerprint density at radius 2 is 2.06 bits per heavy atom. The molecule has 9 heteroatoms. The number of carbonyl (C=O) groups excluding carboxylic acids is 1. The van der Waals surface area contributed by atoms with Crippen LogP contribution in [0.5, 0.6) is 0 Å². The minimum atomic E-state index is -0.204. The van der Waals surface area contributed by atoms with E-state index in [9.17, 15) is 4.79 Å². The van der Waals surface area contributed by atoms with E-state index in [1.807, 2.05) is 48.7 Å². The van der Waals surface area contributed by atoms with Gasteiger partial charge < -0.3 is 9.84 Å². The Balaban J connectivity index is 1.44. The maximum Gasteiger partial charge on any atom is 0.259 e. The number of rotatable bonds is 5. The molecule has 0 aliphatic carbocycles. The number of nitrogens with one attached hydrogen (secondary N) is 1. The summed E-state index contributed by atoms with van der Waals surface area (Å²) >= 11 is 1.55. The van der Waals surface area contributed by atoms with E-state index in [1.54, 1.807) is 35.3 Å². The van der Waals surface area contributed by atoms with Crippen LogP contribution in [0, 0.1) is 6.92 Å². The molecule has 0 spiro atoms. The smallest absolute Gasteiger partial charge is 0.259 e. The summed E-state index contributed by atoms with van der Waals surface area (Å²) in [7, 11) is 0. The normalized spacial score (nSPS) is 12.2. The van der Waals surface area contributed by atoms with Gasteiger partial charge in [0.25, 0.3) is 11.6 Å². The highest BCUT2D eigenvalue weighted by atomic mass is 32.1. The Morgan fingerprint density at radius 1 is 1.23 bits per heavy atom. The molecule has 0 unspecified atom stereocenters. The van der Waals surface area contributed by atoms with Gasteiger partial charge in [0.05, 0.1) is 38.9 Å². The van der Waals surface area contributed by atoms with E-state index in [0.717, 1.165) is 16.1 Å². The highest BCUT2D eigenvalue weighted by molar-refractivity contribution is 7.13. The lowest BCUT2D eigenvalue weighted by atomic mass is 10.1. The van der Waals surface area contributed by atoms with Gasteiger partial charge in [0, 0.05) is 0 Å². The van der Waals surface area contributed by atoms with Gasteiger partial charge in [-0.3, -0.25) is 4.79 Å². The number of nitrogens with zero attached hydrogens (tertiary/aromatic N) is 5. The molecule has 0 aliphatic rings. The predicted molar refractivity (Wildman–Crippen MR) is 117 cm³/mol. The van der Waals surface area contributed by atoms with E-state index in [0.29, 0.717) is 28.1 Å². The Labute approximate surface area is 181 Å². The third-order valence-corrected chi connectivity index (χ3v) is 5.95. The van der Waals surface area contributed by atoms with Crippen LogP contribution in [0.15, 0.2) is 65.0 Å². The van der Waals surface area contributed by atoms with Gasteiger partial charge in [-0.25, -0.2) is 14.6 Å². The Bertz CT molecular complexity index is 1340. The highest BCUT2D eigenvalue weighted by Crippen LogP contribution is 2.29. The molecule has 154 valence electrons. The van der Waals surface area contributed by atoms with Crippen LogP contribution in [0.3, 0.4) is 0 Å². The number of thiophene rings is 1. The van der Waals surface area contributed by atoms with E-state index in [4.69, 9.17) is 4.52 Å². The monoisotopic (exact) mass is 430 g/mol. The molecule has 31 heavy (non-hydrogen) atoms. The molecule has 4 aromatic heterocycles. The first-order chi connectivity index (χ1) is 15.1. The van der Waals surface area contributed by atoms with E-state index in [-0.39, 0.29) is 11.9 Å². The molecule has 0 bridgehead atoms. The fraction of sp³-hybridized carbons (Fsp3) is 0.136. The number of carbonyl (C=O) groups is 1. The number of aromatic nitrogens is 5. The molecule has 1 amide bonds. The Kier molecular flexibility index (Phi) is 4.79. The summed E-state index contributed by atoms with van der Waals surface area (Å²) in [5.41, 5.74) is 4.06. The second kappa shape index (κ2) is 7.77. The SMILES string of the molecule is Cc1noc2nc(-c3cccs3)cc(C(=O)N[C@@H](C)c3ccc(-n4cncn4)cc3)c12. The van der Waals surface area contributed by atoms with E-state index < -0.39 is 0 Å². The first kappa shape index (κ1) is 19.1. The van der Waals surface area contributed by atoms with Gasteiger partial charge in [0.15, 0.2) is 0 Å². The largest absolute Gasteiger partial charge is 0.345 e. The number of hydrogen-bond acceptors (Lipinski definition) is 7. The molecule has 1 aromatic carbocycles. The first-order valence-electron chi connectivity index (χ1n) is 9.67. The third-order valence-electron chi connectivity index (χ3n) is 5.06. The van der Waals surface area contributed by atoms with Crippen LogP contribution in [0.1, 0.15) is 34.6 Å². The van der Waals surface area contributed by atoms with Crippen LogP contribution >= 0.6 is 11.3 Å². The van der Waals surface area contributed by atoms with Gasteiger partial charge in [-0.15, -0.1) is 11.3 Å². The summed E-state index contributed by atoms with van der Waals surface area (Å²) in [5.74, 6) is -0.204. The Morgan fingerprint density at radius 3 is 2.77 bits per heavy atom. The molecule has 0 fully saturated rings. The maximum absolute atomic E-state index is 13.2. The lowest BCUT2D eigenvalue weighted by Gasteiger charge is -2.15. The van der Waals surface area contributed by atoms with Crippen molar-refractivity contribution in [2.45, 2.75) is 19.9 Å². The average Bonchev–Trinajstić information content (AvgIpc) is 3.56. The van der Waals surface area contributed by atoms with Crippen molar-refractivity contribution in [1.29, 1.82) is 0 Å². The minimum absolute atomic E-state index is 0.203. The molecule has 8 nitrogen and oxygen atoms in total. The summed E-state index contributed by atoms with van der Waals surface area (Å²) in [6, 6.07) is 13.3. The van der Waals surface area contributed by atoms with Crippen LogP contribution in [0.4, 0.5) is 0 Å². The second-order valence-electron chi connectivity index (χ2n) is 7.11. The van der Waals surface area contributed by atoms with Gasteiger partial charge in [-0.1, -0.05) is 23.4 Å². The fourth-order valence-electron chi connectivity index (χ4n) is 3.44. The fourth-order valence-corrected chi connectivity index (χ4v) is 4.13. The van der Waals surface area contributed by atoms with Crippen LogP contribution in [0.25, 0.3) is 27.4 Å². The molecular formula is C22H18N6O2S. The van der Waals surface area contributed by atoms with Gasteiger partial charge >= 0.3 is 0 Å². The van der Waals surface area contributed by atoms with Gasteiger partial charge in [-0.2, -0.15) is 5.10 Å². The maximum atomic E-state index is 13.2. The predicted octanol–water partition coefficient (Wildman–Crippen LogP) is 4.33. The van der Waals surface area contributed by atoms with Crippen LogP contribution in [0.2, 0.25) is 0 Å². The lowest BCUT2D eigenvalue weighted by Crippen LogP contribution is -2.27. The third kappa shape index (κ3) is 3.59. The van der Waals surface area contributed by atoms with Gasteiger partial charge in [-0.05, 0) is 49.1 Å². The molecule has 0 aliphatic heterocycles. The molecule has 5 rings (SSSR count). The van der Waals surface area contributed by atoms with Crippen molar-refractivity contribution < 1.29 is 9.32 Å². The zero-order valence-corrected chi connectivity index (χ0v) is 17.6. The average molecular weight is 430 g/mol. The summed E-state index contributed by atoms with van der Waals surface area (Å²) < 4.78 is 7.05. The minimum Gasteiger partial charge on any atom is -0.345 e. The number of aryl methyl sites for hydroxylation is 1. The van der Waals surface area contributed by atoms with E-state index >= 15 is 0 Å². The van der Waals surface area contributed by atoms with E-state index in [1.165, 1.54) is 6.33 Å². The molecule has 1 N–H and O–H groups in total. The first-order valence-corrected chi connectivity index (χ1v) is 10.5. The quantitative estimate of drug-likeness (QED) is 0.446. The summed E-state index contributed by atoms with van der Waals surface area (Å²) in [6.45, 7) is 3.75. The number of pyridine rings is 1. The lowest BCUT2D eigenvalue weighted by molar-refractivity contribution is 0.0941. The topological polar surface area (TPSA) is 98.7 Å². The van der Waals surface area contributed by atoms with Crippen molar-refractivity contribution in [2.75, 3.05) is 0 Å². The molecule has 0 radical (unpaired) electrons. The molecule has 4 heterocycles.